The molecule has 0 atom stereocenters. The number of nitrogens with one attached hydrogen (secondary N) is 3. The van der Waals surface area contributed by atoms with E-state index in [4.69, 9.17) is 0 Å². The highest BCUT2D eigenvalue weighted by atomic mass is 19.4. The monoisotopic (exact) mass is 399 g/mol. The summed E-state index contributed by atoms with van der Waals surface area (Å²) in [6.07, 6.45) is -4.47. The second kappa shape index (κ2) is 8.47. The number of alkyl halides is 3. The summed E-state index contributed by atoms with van der Waals surface area (Å²) in [4.78, 5) is 24.6. The summed E-state index contributed by atoms with van der Waals surface area (Å²) >= 11 is 0. The lowest BCUT2D eigenvalue weighted by atomic mass is 10.1. The molecular formula is C21H16F3N3O2. The molecule has 0 radical (unpaired) electrons. The van der Waals surface area contributed by atoms with Crippen LogP contribution < -0.4 is 16.0 Å². The van der Waals surface area contributed by atoms with Crippen molar-refractivity contribution in [3.8, 4) is 0 Å². The number of carbonyl (C=O) groups is 2. The summed E-state index contributed by atoms with van der Waals surface area (Å²) in [7, 11) is 0. The molecule has 148 valence electrons. The average molecular weight is 399 g/mol. The lowest BCUT2D eigenvalue weighted by molar-refractivity contribution is -0.137. The zero-order valence-corrected chi connectivity index (χ0v) is 15.0. The summed E-state index contributed by atoms with van der Waals surface area (Å²) < 4.78 is 38.0. The highest BCUT2D eigenvalue weighted by molar-refractivity contribution is 6.08. The highest BCUT2D eigenvalue weighted by Gasteiger charge is 2.30. The molecule has 3 aromatic rings. The van der Waals surface area contributed by atoms with E-state index in [2.05, 4.69) is 16.0 Å². The fraction of sp³-hybridized carbons (Fsp3) is 0.0476. The second-order valence-corrected chi connectivity index (χ2v) is 6.02. The zero-order chi connectivity index (χ0) is 20.9. The van der Waals surface area contributed by atoms with E-state index in [9.17, 15) is 22.8 Å². The summed E-state index contributed by atoms with van der Waals surface area (Å²) in [6.45, 7) is 0. The van der Waals surface area contributed by atoms with Gasteiger partial charge in [0.2, 0.25) is 0 Å². The number of hydrogen-bond donors (Lipinski definition) is 3. The SMILES string of the molecule is O=C(Nc1ccccc1)Nc1ccccc1NC(=O)c1ccc(C(F)(F)F)cc1. The van der Waals surface area contributed by atoms with Crippen LogP contribution in [0.2, 0.25) is 0 Å². The molecule has 3 rings (SSSR count). The molecule has 8 heteroatoms. The Morgan fingerprint density at radius 2 is 1.21 bits per heavy atom. The van der Waals surface area contributed by atoms with Crippen molar-refractivity contribution in [1.29, 1.82) is 0 Å². The molecule has 0 heterocycles. The van der Waals surface area contributed by atoms with Gasteiger partial charge in [0.1, 0.15) is 0 Å². The molecular weight excluding hydrogens is 383 g/mol. The van der Waals surface area contributed by atoms with E-state index in [1.54, 1.807) is 48.5 Å². The minimum absolute atomic E-state index is 0.0570. The Morgan fingerprint density at radius 1 is 0.655 bits per heavy atom. The van der Waals surface area contributed by atoms with Crippen molar-refractivity contribution in [3.63, 3.8) is 0 Å². The van der Waals surface area contributed by atoms with Crippen LogP contribution in [0.15, 0.2) is 78.9 Å². The van der Waals surface area contributed by atoms with Crippen molar-refractivity contribution in [1.82, 2.24) is 0 Å². The quantitative estimate of drug-likeness (QED) is 0.534. The van der Waals surface area contributed by atoms with Crippen LogP contribution in [-0.4, -0.2) is 11.9 Å². The maximum Gasteiger partial charge on any atom is 0.416 e. The van der Waals surface area contributed by atoms with Crippen molar-refractivity contribution in [2.75, 3.05) is 16.0 Å². The van der Waals surface area contributed by atoms with E-state index in [1.807, 2.05) is 6.07 Å². The van der Waals surface area contributed by atoms with Gasteiger partial charge in [0.05, 0.1) is 16.9 Å². The molecule has 5 nitrogen and oxygen atoms in total. The number of anilines is 3. The number of amides is 3. The van der Waals surface area contributed by atoms with Gasteiger partial charge in [-0.05, 0) is 48.5 Å². The number of halogens is 3. The number of para-hydroxylation sites is 3. The standard InChI is InChI=1S/C21H16F3N3O2/c22-21(23,24)15-12-10-14(11-13-15)19(28)26-17-8-4-5-9-18(17)27-20(29)25-16-6-2-1-3-7-16/h1-13H,(H,26,28)(H2,25,27,29). The maximum absolute atomic E-state index is 12.7. The van der Waals surface area contributed by atoms with Gasteiger partial charge in [-0.3, -0.25) is 4.79 Å². The van der Waals surface area contributed by atoms with Crippen molar-refractivity contribution in [2.45, 2.75) is 6.18 Å². The third kappa shape index (κ3) is 5.35. The molecule has 0 aliphatic rings. The lowest BCUT2D eigenvalue weighted by Gasteiger charge is -2.13. The molecule has 0 aromatic heterocycles. The molecule has 0 unspecified atom stereocenters. The van der Waals surface area contributed by atoms with Gasteiger partial charge in [0.25, 0.3) is 5.91 Å². The molecule has 3 aromatic carbocycles. The van der Waals surface area contributed by atoms with E-state index in [1.165, 1.54) is 0 Å². The topological polar surface area (TPSA) is 70.2 Å². The molecule has 3 amide bonds. The van der Waals surface area contributed by atoms with Gasteiger partial charge < -0.3 is 16.0 Å². The average Bonchev–Trinajstić information content (AvgIpc) is 2.69. The summed E-state index contributed by atoms with van der Waals surface area (Å²) in [5.74, 6) is -0.601. The Morgan fingerprint density at radius 3 is 1.79 bits per heavy atom. The Kier molecular flexibility index (Phi) is 5.82. The third-order valence-corrected chi connectivity index (χ3v) is 3.93. The fourth-order valence-corrected chi connectivity index (χ4v) is 2.51. The largest absolute Gasteiger partial charge is 0.416 e. The van der Waals surface area contributed by atoms with E-state index in [0.717, 1.165) is 24.3 Å². The first-order valence-electron chi connectivity index (χ1n) is 8.53. The van der Waals surface area contributed by atoms with Crippen LogP contribution in [0.5, 0.6) is 0 Å². The third-order valence-electron chi connectivity index (χ3n) is 3.93. The van der Waals surface area contributed by atoms with Crippen LogP contribution in [0, 0.1) is 0 Å². The van der Waals surface area contributed by atoms with Gasteiger partial charge in [-0.2, -0.15) is 13.2 Å². The van der Waals surface area contributed by atoms with Gasteiger partial charge in [0, 0.05) is 11.3 Å². The Hall–Kier alpha value is -3.81. The van der Waals surface area contributed by atoms with Gasteiger partial charge in [-0.1, -0.05) is 30.3 Å². The van der Waals surface area contributed by atoms with Crippen molar-refractivity contribution in [3.05, 3.63) is 90.0 Å². The van der Waals surface area contributed by atoms with Crippen LogP contribution in [0.25, 0.3) is 0 Å². The first kappa shape index (κ1) is 19.9. The first-order valence-corrected chi connectivity index (χ1v) is 8.53. The van der Waals surface area contributed by atoms with Crippen LogP contribution in [0.1, 0.15) is 15.9 Å². The number of carbonyl (C=O) groups excluding carboxylic acids is 2. The molecule has 0 aliphatic heterocycles. The Balaban J connectivity index is 1.70. The smallest absolute Gasteiger partial charge is 0.320 e. The lowest BCUT2D eigenvalue weighted by Crippen LogP contribution is -2.21. The molecule has 0 spiro atoms. The minimum atomic E-state index is -4.47. The predicted octanol–water partition coefficient (Wildman–Crippen LogP) is 5.60. The van der Waals surface area contributed by atoms with Crippen LogP contribution in [0.4, 0.5) is 35.0 Å². The van der Waals surface area contributed by atoms with E-state index in [-0.39, 0.29) is 5.56 Å². The summed E-state index contributed by atoms with van der Waals surface area (Å²) in [5.41, 5.74) is 0.452. The number of urea groups is 1. The van der Waals surface area contributed by atoms with Gasteiger partial charge in [0.15, 0.2) is 0 Å². The van der Waals surface area contributed by atoms with Crippen molar-refractivity contribution >= 4 is 29.0 Å². The summed E-state index contributed by atoms with van der Waals surface area (Å²) in [5, 5.41) is 7.88. The van der Waals surface area contributed by atoms with Crippen LogP contribution >= 0.6 is 0 Å². The molecule has 0 bridgehead atoms. The molecule has 0 saturated carbocycles. The highest BCUT2D eigenvalue weighted by Crippen LogP contribution is 2.29. The molecule has 3 N–H and O–H groups in total. The van der Waals surface area contributed by atoms with Gasteiger partial charge in [-0.15, -0.1) is 0 Å². The van der Waals surface area contributed by atoms with Gasteiger partial charge in [-0.25, -0.2) is 4.79 Å². The van der Waals surface area contributed by atoms with Crippen LogP contribution in [0.3, 0.4) is 0 Å². The normalized spacial score (nSPS) is 10.9. The first-order chi connectivity index (χ1) is 13.8. The van der Waals surface area contributed by atoms with E-state index < -0.39 is 23.7 Å². The van der Waals surface area contributed by atoms with Crippen LogP contribution in [-0.2, 0) is 6.18 Å². The number of hydrogen-bond acceptors (Lipinski definition) is 2. The van der Waals surface area contributed by atoms with Crippen molar-refractivity contribution in [2.24, 2.45) is 0 Å². The molecule has 0 aliphatic carbocycles. The predicted molar refractivity (Wildman–Crippen MR) is 105 cm³/mol. The molecule has 29 heavy (non-hydrogen) atoms. The minimum Gasteiger partial charge on any atom is -0.320 e. The zero-order valence-electron chi connectivity index (χ0n) is 15.0. The number of benzene rings is 3. The second-order valence-electron chi connectivity index (χ2n) is 6.02. The molecule has 0 fully saturated rings. The Labute approximate surface area is 164 Å². The van der Waals surface area contributed by atoms with Gasteiger partial charge >= 0.3 is 12.2 Å². The van der Waals surface area contributed by atoms with E-state index in [0.29, 0.717) is 17.1 Å². The maximum atomic E-state index is 12.7. The molecule has 0 saturated heterocycles. The Bertz CT molecular complexity index is 1000. The number of rotatable bonds is 4. The van der Waals surface area contributed by atoms with E-state index >= 15 is 0 Å². The fourth-order valence-electron chi connectivity index (χ4n) is 2.51. The van der Waals surface area contributed by atoms with Crippen molar-refractivity contribution < 1.29 is 22.8 Å². The summed E-state index contributed by atoms with van der Waals surface area (Å²) in [6, 6.07) is 18.6.